The summed E-state index contributed by atoms with van der Waals surface area (Å²) in [7, 11) is 0. The minimum absolute atomic E-state index is 0.0275. The average Bonchev–Trinajstić information content (AvgIpc) is 3.10. The van der Waals surface area contributed by atoms with Crippen LogP contribution in [0, 0.1) is 15.3 Å². The van der Waals surface area contributed by atoms with Gasteiger partial charge in [-0.3, -0.25) is 9.59 Å². The smallest absolute Gasteiger partial charge is 0.303 e. The van der Waals surface area contributed by atoms with Crippen LogP contribution in [0.3, 0.4) is 0 Å². The molecule has 0 N–H and O–H groups in total. The van der Waals surface area contributed by atoms with Gasteiger partial charge in [-0.05, 0) is 101 Å². The number of hydrogen-bond acceptors (Lipinski definition) is 5. The summed E-state index contributed by atoms with van der Waals surface area (Å²) >= 11 is 2.25. The quantitative estimate of drug-likeness (QED) is 0.0681. The van der Waals surface area contributed by atoms with Gasteiger partial charge in [-0.1, -0.05) is 72.8 Å². The predicted molar refractivity (Wildman–Crippen MR) is 191 cm³/mol. The van der Waals surface area contributed by atoms with Crippen LogP contribution in [0.2, 0.25) is 0 Å². The molecule has 6 rings (SSSR count). The molecule has 8 heteroatoms. The van der Waals surface area contributed by atoms with Gasteiger partial charge in [-0.25, -0.2) is 4.39 Å². The minimum atomic E-state index is -0.619. The lowest BCUT2D eigenvalue weighted by Crippen LogP contribution is -2.55. The molecule has 0 aliphatic carbocycles. The first-order valence-electron chi connectivity index (χ1n) is 15.8. The summed E-state index contributed by atoms with van der Waals surface area (Å²) in [4.78, 5) is 27.8. The van der Waals surface area contributed by atoms with Gasteiger partial charge in [0.15, 0.2) is 0 Å². The monoisotopic (exact) mass is 755 g/mol. The lowest BCUT2D eigenvalue weighted by molar-refractivity contribution is -0.147. The van der Waals surface area contributed by atoms with Crippen LogP contribution in [0.15, 0.2) is 127 Å². The number of benzene rings is 5. The molecule has 0 radical (unpaired) electrons. The lowest BCUT2D eigenvalue weighted by atomic mass is 9.78. The number of carbonyl (C=O) groups excluding carboxylic acids is 2. The number of esters is 1. The third kappa shape index (κ3) is 8.05. The zero-order chi connectivity index (χ0) is 33.5. The summed E-state index contributed by atoms with van der Waals surface area (Å²) in [6, 6.07) is 39.1. The van der Waals surface area contributed by atoms with Crippen molar-refractivity contribution >= 4 is 40.2 Å². The highest BCUT2D eigenvalue weighted by atomic mass is 127. The van der Waals surface area contributed by atoms with Gasteiger partial charge in [0.2, 0.25) is 5.91 Å². The van der Waals surface area contributed by atoms with E-state index >= 15 is 0 Å². The second kappa shape index (κ2) is 15.5. The van der Waals surface area contributed by atoms with E-state index in [9.17, 15) is 14.0 Å². The molecule has 244 valence electrons. The number of ether oxygens (including phenoxy) is 3. The highest BCUT2D eigenvalue weighted by molar-refractivity contribution is 14.1. The number of hydrogen-bond donors (Lipinski definition) is 0. The van der Waals surface area contributed by atoms with Gasteiger partial charge in [-0.15, -0.1) is 0 Å². The van der Waals surface area contributed by atoms with Gasteiger partial charge in [0.25, 0.3) is 0 Å². The van der Waals surface area contributed by atoms with Crippen LogP contribution in [0.4, 0.5) is 10.1 Å². The number of amides is 1. The summed E-state index contributed by atoms with van der Waals surface area (Å²) < 4.78 is 33.1. The molecule has 48 heavy (non-hydrogen) atoms. The van der Waals surface area contributed by atoms with E-state index in [1.807, 2.05) is 108 Å². The van der Waals surface area contributed by atoms with Gasteiger partial charge < -0.3 is 19.1 Å². The number of halogens is 2. The largest absolute Gasteiger partial charge is 0.489 e. The average molecular weight is 756 g/mol. The van der Waals surface area contributed by atoms with Gasteiger partial charge in [0.05, 0.1) is 12.0 Å². The molecule has 0 spiro atoms. The van der Waals surface area contributed by atoms with Crippen LogP contribution < -0.4 is 14.4 Å². The van der Waals surface area contributed by atoms with E-state index < -0.39 is 18.0 Å². The maximum atomic E-state index is 14.0. The van der Waals surface area contributed by atoms with E-state index in [4.69, 9.17) is 14.2 Å². The molecule has 0 saturated carbocycles. The van der Waals surface area contributed by atoms with Crippen LogP contribution in [0.5, 0.6) is 11.5 Å². The van der Waals surface area contributed by atoms with E-state index in [1.54, 1.807) is 12.1 Å². The highest BCUT2D eigenvalue weighted by Gasteiger charge is 2.49. The van der Waals surface area contributed by atoms with Crippen molar-refractivity contribution in [3.8, 4) is 11.5 Å². The maximum Gasteiger partial charge on any atom is 0.303 e. The van der Waals surface area contributed by atoms with Crippen molar-refractivity contribution in [2.75, 3.05) is 4.90 Å². The van der Waals surface area contributed by atoms with Crippen molar-refractivity contribution in [1.82, 2.24) is 0 Å². The third-order valence-electron chi connectivity index (χ3n) is 8.40. The van der Waals surface area contributed by atoms with Crippen LogP contribution in [0.25, 0.3) is 0 Å². The second-order valence-corrected chi connectivity index (χ2v) is 13.0. The summed E-state index contributed by atoms with van der Waals surface area (Å²) in [5, 5.41) is 0. The number of anilines is 1. The molecule has 6 nitrogen and oxygen atoms in total. The van der Waals surface area contributed by atoms with E-state index in [0.29, 0.717) is 43.1 Å². The Hall–Kier alpha value is -4.70. The molecule has 0 bridgehead atoms. The van der Waals surface area contributed by atoms with Gasteiger partial charge in [0, 0.05) is 27.8 Å². The number of carbonyl (C=O) groups is 2. The normalized spacial score (nSPS) is 16.1. The molecule has 0 unspecified atom stereocenters. The fourth-order valence-corrected chi connectivity index (χ4v) is 6.39. The Morgan fingerprint density at radius 3 is 2.06 bits per heavy atom. The third-order valence-corrected chi connectivity index (χ3v) is 9.12. The van der Waals surface area contributed by atoms with Crippen molar-refractivity contribution in [3.63, 3.8) is 0 Å². The summed E-state index contributed by atoms with van der Waals surface area (Å²) in [5.41, 5.74) is 4.38. The zero-order valence-corrected chi connectivity index (χ0v) is 28.6. The van der Waals surface area contributed by atoms with Crippen molar-refractivity contribution in [3.05, 3.63) is 159 Å². The second-order valence-electron chi connectivity index (χ2n) is 11.7. The first-order valence-corrected chi connectivity index (χ1v) is 16.9. The van der Waals surface area contributed by atoms with Crippen LogP contribution >= 0.6 is 22.6 Å². The van der Waals surface area contributed by atoms with Crippen molar-refractivity contribution in [1.29, 1.82) is 0 Å². The Labute approximate surface area is 293 Å². The lowest BCUT2D eigenvalue weighted by Gasteiger charge is -2.48. The number of β-lactam (4-membered cyclic amide) rings is 1. The molecule has 1 aliphatic heterocycles. The molecule has 1 fully saturated rings. The fourth-order valence-electron chi connectivity index (χ4n) is 6.03. The SMILES string of the molecule is CC(=O)O[C@@H](CC[C@H]1C(=O)N(c2ccc(I)cc2)[C@@H]1c1ccc(OCc2ccccc2)cc1OCc1ccccc1)c1ccc(F)cc1. The molecule has 1 aliphatic rings. The Bertz CT molecular complexity index is 1830. The van der Waals surface area contributed by atoms with Gasteiger partial charge in [-0.2, -0.15) is 0 Å². The van der Waals surface area contributed by atoms with Crippen molar-refractivity contribution in [2.45, 2.75) is 45.1 Å². The molecular weight excluding hydrogens is 720 g/mol. The standard InChI is InChI=1S/C40H35FINO5/c1-27(44)48-37(30-12-14-31(41)15-13-30)23-22-36-39(43(40(36)45)33-18-16-32(42)17-19-33)35-21-20-34(46-25-28-8-4-2-5-9-28)24-38(35)47-26-29-10-6-3-7-11-29/h2-21,24,36-37,39H,22-23,25-26H2,1H3/t36-,37+,39-/m1/s1. The van der Waals surface area contributed by atoms with Crippen LogP contribution in [-0.4, -0.2) is 11.9 Å². The van der Waals surface area contributed by atoms with Crippen molar-refractivity contribution in [2.24, 2.45) is 5.92 Å². The predicted octanol–water partition coefficient (Wildman–Crippen LogP) is 9.38. The van der Waals surface area contributed by atoms with E-state index in [2.05, 4.69) is 22.6 Å². The molecule has 5 aromatic rings. The summed E-state index contributed by atoms with van der Waals surface area (Å²) in [6.45, 7) is 2.09. The minimum Gasteiger partial charge on any atom is -0.489 e. The zero-order valence-electron chi connectivity index (χ0n) is 26.4. The van der Waals surface area contributed by atoms with E-state index in [1.165, 1.54) is 19.1 Å². The first kappa shape index (κ1) is 33.2. The first-order chi connectivity index (χ1) is 23.4. The molecule has 1 heterocycles. The molecular formula is C40H35FINO5. The Kier molecular flexibility index (Phi) is 10.7. The van der Waals surface area contributed by atoms with Crippen LogP contribution in [0.1, 0.15) is 54.2 Å². The molecule has 3 atom stereocenters. The molecule has 5 aromatic carbocycles. The summed E-state index contributed by atoms with van der Waals surface area (Å²) in [5.74, 6) is 0.0154. The fraction of sp³-hybridized carbons (Fsp3) is 0.200. The summed E-state index contributed by atoms with van der Waals surface area (Å²) in [6.07, 6.45) is 0.202. The van der Waals surface area contributed by atoms with Gasteiger partial charge >= 0.3 is 5.97 Å². The topological polar surface area (TPSA) is 65.1 Å². The molecule has 0 aromatic heterocycles. The Morgan fingerprint density at radius 2 is 1.44 bits per heavy atom. The maximum absolute atomic E-state index is 14.0. The van der Waals surface area contributed by atoms with Crippen molar-refractivity contribution < 1.29 is 28.2 Å². The van der Waals surface area contributed by atoms with E-state index in [-0.39, 0.29) is 17.8 Å². The molecule has 1 amide bonds. The number of nitrogens with zero attached hydrogens (tertiary/aromatic N) is 1. The Balaban J connectivity index is 1.33. The Morgan fingerprint density at radius 1 is 0.812 bits per heavy atom. The van der Waals surface area contributed by atoms with Gasteiger partial charge in [0.1, 0.15) is 36.6 Å². The number of rotatable bonds is 13. The molecule has 1 saturated heterocycles. The van der Waals surface area contributed by atoms with E-state index in [0.717, 1.165) is 25.9 Å². The van der Waals surface area contributed by atoms with Crippen LogP contribution in [-0.2, 0) is 27.5 Å². The highest BCUT2D eigenvalue weighted by Crippen LogP contribution is 2.49.